The van der Waals surface area contributed by atoms with Gasteiger partial charge in [0.15, 0.2) is 0 Å². The number of pyridine rings is 1. The van der Waals surface area contributed by atoms with Crippen molar-refractivity contribution in [3.8, 4) is 22.6 Å². The molecule has 2 aromatic carbocycles. The number of ether oxygens (including phenoxy) is 1. The Hall–Kier alpha value is -4.55. The summed E-state index contributed by atoms with van der Waals surface area (Å²) in [6, 6.07) is 13.2. The molecule has 1 N–H and O–H groups in total. The van der Waals surface area contributed by atoms with Crippen molar-refractivity contribution >= 4 is 27.8 Å². The Morgan fingerprint density at radius 3 is 2.43 bits per heavy atom. The summed E-state index contributed by atoms with van der Waals surface area (Å²) in [5.41, 5.74) is 1.09. The van der Waals surface area contributed by atoms with Crippen LogP contribution in [0.15, 0.2) is 65.6 Å². The molecule has 0 unspecified atom stereocenters. The number of halogens is 5. The summed E-state index contributed by atoms with van der Waals surface area (Å²) in [4.78, 5) is 17.9. The number of nitrogens with one attached hydrogen (secondary N) is 1. The number of nitrogens with zero attached hydrogens (tertiary/aromatic N) is 5. The Morgan fingerprint density at radius 2 is 1.73 bits per heavy atom. The van der Waals surface area contributed by atoms with Crippen molar-refractivity contribution in [1.29, 1.82) is 0 Å². The van der Waals surface area contributed by atoms with Gasteiger partial charge in [-0.25, -0.2) is 4.98 Å². The van der Waals surface area contributed by atoms with E-state index < -0.39 is 24.9 Å². The van der Waals surface area contributed by atoms with E-state index in [-0.39, 0.29) is 33.7 Å². The maximum Gasteiger partial charge on any atom is 0.405 e. The normalized spacial score (nSPS) is 12.0. The molecule has 0 radical (unpaired) electrons. The molecule has 0 bridgehead atoms. The number of fused-ring (bicyclic) bond motifs is 2. The summed E-state index contributed by atoms with van der Waals surface area (Å²) >= 11 is 0. The van der Waals surface area contributed by atoms with Gasteiger partial charge in [-0.05, 0) is 48.0 Å². The van der Waals surface area contributed by atoms with E-state index in [9.17, 15) is 26.7 Å². The number of benzene rings is 2. The first-order valence-corrected chi connectivity index (χ1v) is 10.8. The summed E-state index contributed by atoms with van der Waals surface area (Å²) < 4.78 is 70.5. The van der Waals surface area contributed by atoms with Crippen molar-refractivity contribution < 1.29 is 26.7 Å². The second-order valence-electron chi connectivity index (χ2n) is 8.07. The summed E-state index contributed by atoms with van der Waals surface area (Å²) in [5.74, 6) is -0.237. The van der Waals surface area contributed by atoms with Crippen molar-refractivity contribution in [2.24, 2.45) is 7.05 Å². The second kappa shape index (κ2) is 9.15. The number of hydrogen-bond donors (Lipinski definition) is 1. The fourth-order valence-corrected chi connectivity index (χ4v) is 3.87. The van der Waals surface area contributed by atoms with Gasteiger partial charge in [0, 0.05) is 18.6 Å². The highest BCUT2D eigenvalue weighted by molar-refractivity contribution is 5.92. The van der Waals surface area contributed by atoms with Crippen molar-refractivity contribution in [3.05, 3.63) is 71.1 Å². The Kier molecular flexibility index (Phi) is 5.97. The fraction of sp³-hybridized carbons (Fsp3) is 0.167. The van der Waals surface area contributed by atoms with Crippen molar-refractivity contribution in [3.63, 3.8) is 0 Å². The first-order valence-electron chi connectivity index (χ1n) is 10.8. The molecule has 0 saturated heterocycles. The highest BCUT2D eigenvalue weighted by Gasteiger charge is 2.27. The van der Waals surface area contributed by atoms with Crippen LogP contribution in [0.5, 0.6) is 5.75 Å². The van der Waals surface area contributed by atoms with Gasteiger partial charge in [-0.15, -0.1) is 0 Å². The lowest BCUT2D eigenvalue weighted by Crippen LogP contribution is -2.24. The molecule has 0 aliphatic heterocycles. The maximum atomic E-state index is 13.7. The molecule has 8 nitrogen and oxygen atoms in total. The molecule has 0 aliphatic carbocycles. The third-order valence-corrected chi connectivity index (χ3v) is 5.41. The van der Waals surface area contributed by atoms with Crippen LogP contribution >= 0.6 is 0 Å². The van der Waals surface area contributed by atoms with E-state index in [0.717, 1.165) is 10.1 Å². The van der Waals surface area contributed by atoms with E-state index in [4.69, 9.17) is 0 Å². The molecule has 0 spiro atoms. The molecular weight excluding hydrogens is 499 g/mol. The first kappa shape index (κ1) is 24.2. The minimum atomic E-state index is -4.48. The highest BCUT2D eigenvalue weighted by Crippen LogP contribution is 2.28. The maximum absolute atomic E-state index is 13.7. The molecule has 3 heterocycles. The van der Waals surface area contributed by atoms with Crippen molar-refractivity contribution in [1.82, 2.24) is 24.5 Å². The predicted molar refractivity (Wildman–Crippen MR) is 126 cm³/mol. The van der Waals surface area contributed by atoms with Gasteiger partial charge < -0.3 is 10.1 Å². The van der Waals surface area contributed by atoms with E-state index in [1.165, 1.54) is 36.4 Å². The fourth-order valence-electron chi connectivity index (χ4n) is 3.87. The van der Waals surface area contributed by atoms with Crippen LogP contribution in [-0.4, -0.2) is 43.9 Å². The molecule has 0 aliphatic rings. The summed E-state index contributed by atoms with van der Waals surface area (Å²) in [7, 11) is 1.76. The van der Waals surface area contributed by atoms with Crippen molar-refractivity contribution in [2.75, 3.05) is 11.9 Å². The lowest BCUT2D eigenvalue weighted by molar-refractivity contribution is -0.115. The molecule has 0 saturated carbocycles. The van der Waals surface area contributed by atoms with Gasteiger partial charge in [-0.2, -0.15) is 36.8 Å². The monoisotopic (exact) mass is 516 g/mol. The largest absolute Gasteiger partial charge is 0.435 e. The van der Waals surface area contributed by atoms with Gasteiger partial charge >= 0.3 is 12.8 Å². The third-order valence-electron chi connectivity index (χ3n) is 5.41. The number of alkyl halides is 5. The number of hydrogen-bond acceptors (Lipinski definition) is 6. The molecule has 5 rings (SSSR count). The average molecular weight is 516 g/mol. The van der Waals surface area contributed by atoms with E-state index in [1.54, 1.807) is 36.1 Å². The Morgan fingerprint density at radius 1 is 1.00 bits per heavy atom. The SMILES string of the molecule is Cn1cc2cc(-n3nc4ccc(NCC(F)(F)F)nc4c(-c4ccc(OC(F)F)cc4)c3=O)ccc2n1. The lowest BCUT2D eigenvalue weighted by atomic mass is 10.1. The number of anilines is 1. The van der Waals surface area contributed by atoms with Crippen LogP contribution in [0.25, 0.3) is 38.8 Å². The minimum absolute atomic E-state index is 0.0236. The molecular formula is C24H17F5N6O2. The molecule has 0 fully saturated rings. The van der Waals surface area contributed by atoms with Crippen LogP contribution < -0.4 is 15.6 Å². The standard InChI is InChI=1S/C24H17F5N6O2/c1-34-11-14-10-15(4-7-17(14)32-34)35-22(36)20(13-2-5-16(6-3-13)37-23(25)26)21-18(33-35)8-9-19(31-21)30-12-24(27,28)29/h2-11,23H,12H2,1H3,(H,30,31). The van der Waals surface area contributed by atoms with Gasteiger partial charge in [0.2, 0.25) is 0 Å². The number of rotatable bonds is 6. The zero-order valence-electron chi connectivity index (χ0n) is 19.0. The first-order chi connectivity index (χ1) is 17.6. The minimum Gasteiger partial charge on any atom is -0.435 e. The highest BCUT2D eigenvalue weighted by atomic mass is 19.4. The van der Waals surface area contributed by atoms with E-state index >= 15 is 0 Å². The topological polar surface area (TPSA) is 86.9 Å². The van der Waals surface area contributed by atoms with Crippen LogP contribution in [-0.2, 0) is 7.05 Å². The molecule has 190 valence electrons. The molecule has 13 heteroatoms. The molecule has 0 atom stereocenters. The van der Waals surface area contributed by atoms with Gasteiger partial charge in [-0.3, -0.25) is 9.48 Å². The predicted octanol–water partition coefficient (Wildman–Crippen LogP) is 4.91. The summed E-state index contributed by atoms with van der Waals surface area (Å²) in [5, 5.41) is 11.6. The van der Waals surface area contributed by atoms with E-state index in [0.29, 0.717) is 11.2 Å². The van der Waals surface area contributed by atoms with Gasteiger partial charge in [0.1, 0.15) is 29.1 Å². The van der Waals surface area contributed by atoms with Crippen LogP contribution in [0.1, 0.15) is 0 Å². The Labute approximate surface area is 204 Å². The van der Waals surface area contributed by atoms with Crippen LogP contribution in [0.4, 0.5) is 27.8 Å². The molecule has 0 amide bonds. The molecule has 37 heavy (non-hydrogen) atoms. The quantitative estimate of drug-likeness (QED) is 0.323. The molecule has 5 aromatic rings. The lowest BCUT2D eigenvalue weighted by Gasteiger charge is -2.13. The van der Waals surface area contributed by atoms with E-state index in [1.807, 2.05) is 0 Å². The van der Waals surface area contributed by atoms with Crippen LogP contribution in [0, 0.1) is 0 Å². The van der Waals surface area contributed by atoms with Gasteiger partial charge in [0.25, 0.3) is 5.56 Å². The summed E-state index contributed by atoms with van der Waals surface area (Å²) in [6.45, 7) is -4.35. The third kappa shape index (κ3) is 5.06. The van der Waals surface area contributed by atoms with Gasteiger partial charge in [-0.1, -0.05) is 12.1 Å². The number of aryl methyl sites for hydroxylation is 1. The van der Waals surface area contributed by atoms with Crippen molar-refractivity contribution in [2.45, 2.75) is 12.8 Å². The number of aromatic nitrogens is 5. The Bertz CT molecular complexity index is 1660. The van der Waals surface area contributed by atoms with E-state index in [2.05, 4.69) is 25.2 Å². The van der Waals surface area contributed by atoms with Gasteiger partial charge in [0.05, 0.1) is 16.8 Å². The van der Waals surface area contributed by atoms with Crippen LogP contribution in [0.3, 0.4) is 0 Å². The smallest absolute Gasteiger partial charge is 0.405 e. The Balaban J connectivity index is 1.69. The average Bonchev–Trinajstić information content (AvgIpc) is 3.21. The zero-order chi connectivity index (χ0) is 26.3. The molecule has 3 aromatic heterocycles. The van der Waals surface area contributed by atoms with Crippen LogP contribution in [0.2, 0.25) is 0 Å². The summed E-state index contributed by atoms with van der Waals surface area (Å²) in [6.07, 6.45) is -2.71. The zero-order valence-corrected chi connectivity index (χ0v) is 19.0. The second-order valence-corrected chi connectivity index (χ2v) is 8.07.